The second kappa shape index (κ2) is 7.49. The summed E-state index contributed by atoms with van der Waals surface area (Å²) in [6, 6.07) is 17.4. The standard InChI is InChI=1S/C19H19NO3/c21-19(11-10-17-8-4-12-22-17)20(15-18-9-5-13-23-18)14-16-6-2-1-3-7-16/h1-9,12-13H,10-11,14-15H2. The lowest BCUT2D eigenvalue weighted by Crippen LogP contribution is -2.30. The van der Waals surface area contributed by atoms with Crippen molar-refractivity contribution in [2.45, 2.75) is 25.9 Å². The average molecular weight is 309 g/mol. The average Bonchev–Trinajstić information content (AvgIpc) is 3.26. The Morgan fingerprint density at radius 2 is 1.52 bits per heavy atom. The molecule has 0 N–H and O–H groups in total. The molecule has 0 unspecified atom stereocenters. The van der Waals surface area contributed by atoms with Crippen molar-refractivity contribution < 1.29 is 13.6 Å². The van der Waals surface area contributed by atoms with Gasteiger partial charge in [0.05, 0.1) is 19.1 Å². The molecule has 0 atom stereocenters. The Morgan fingerprint density at radius 3 is 2.17 bits per heavy atom. The molecule has 0 aliphatic rings. The SMILES string of the molecule is O=C(CCc1ccco1)N(Cc1ccccc1)Cc1ccco1. The second-order valence-electron chi connectivity index (χ2n) is 5.39. The number of aryl methyl sites for hydroxylation is 1. The van der Waals surface area contributed by atoms with Crippen LogP contribution in [0.1, 0.15) is 23.5 Å². The summed E-state index contributed by atoms with van der Waals surface area (Å²) in [6.07, 6.45) is 4.28. The van der Waals surface area contributed by atoms with E-state index in [1.54, 1.807) is 12.5 Å². The molecule has 1 amide bonds. The van der Waals surface area contributed by atoms with Gasteiger partial charge in [-0.2, -0.15) is 0 Å². The van der Waals surface area contributed by atoms with Gasteiger partial charge in [0.1, 0.15) is 11.5 Å². The highest BCUT2D eigenvalue weighted by molar-refractivity contribution is 5.76. The first-order valence-corrected chi connectivity index (χ1v) is 7.68. The molecule has 0 saturated heterocycles. The van der Waals surface area contributed by atoms with Gasteiger partial charge in [0, 0.05) is 19.4 Å². The fraction of sp³-hybridized carbons (Fsp3) is 0.211. The lowest BCUT2D eigenvalue weighted by molar-refractivity contribution is -0.132. The highest BCUT2D eigenvalue weighted by Gasteiger charge is 2.16. The van der Waals surface area contributed by atoms with Crippen LogP contribution in [-0.2, 0) is 24.3 Å². The monoisotopic (exact) mass is 309 g/mol. The quantitative estimate of drug-likeness (QED) is 0.662. The molecule has 0 aliphatic carbocycles. The van der Waals surface area contributed by atoms with E-state index in [1.165, 1.54) is 0 Å². The molecule has 0 fully saturated rings. The fourth-order valence-corrected chi connectivity index (χ4v) is 2.47. The van der Waals surface area contributed by atoms with Crippen molar-refractivity contribution in [1.29, 1.82) is 0 Å². The van der Waals surface area contributed by atoms with Gasteiger partial charge in [0.25, 0.3) is 0 Å². The summed E-state index contributed by atoms with van der Waals surface area (Å²) >= 11 is 0. The number of benzene rings is 1. The van der Waals surface area contributed by atoms with Crippen LogP contribution in [0.15, 0.2) is 76.0 Å². The van der Waals surface area contributed by atoms with Gasteiger partial charge in [0.15, 0.2) is 0 Å². The zero-order valence-electron chi connectivity index (χ0n) is 12.9. The van der Waals surface area contributed by atoms with E-state index in [0.717, 1.165) is 17.1 Å². The molecule has 3 rings (SSSR count). The first kappa shape index (κ1) is 15.2. The highest BCUT2D eigenvalue weighted by Crippen LogP contribution is 2.13. The van der Waals surface area contributed by atoms with Gasteiger partial charge < -0.3 is 13.7 Å². The molecule has 1 aromatic carbocycles. The van der Waals surface area contributed by atoms with Crippen molar-refractivity contribution in [3.63, 3.8) is 0 Å². The third-order valence-electron chi connectivity index (χ3n) is 3.66. The van der Waals surface area contributed by atoms with Crippen molar-refractivity contribution in [3.8, 4) is 0 Å². The van der Waals surface area contributed by atoms with Crippen LogP contribution in [0.3, 0.4) is 0 Å². The predicted octanol–water partition coefficient (Wildman–Crippen LogP) is 4.03. The summed E-state index contributed by atoms with van der Waals surface area (Å²) < 4.78 is 10.7. The van der Waals surface area contributed by atoms with E-state index in [9.17, 15) is 4.79 Å². The molecule has 0 radical (unpaired) electrons. The van der Waals surface area contributed by atoms with Gasteiger partial charge in [-0.05, 0) is 29.8 Å². The molecule has 2 aromatic heterocycles. The molecular weight excluding hydrogens is 290 g/mol. The van der Waals surface area contributed by atoms with Gasteiger partial charge in [-0.15, -0.1) is 0 Å². The number of nitrogens with zero attached hydrogens (tertiary/aromatic N) is 1. The van der Waals surface area contributed by atoms with Gasteiger partial charge in [-0.25, -0.2) is 0 Å². The first-order chi connectivity index (χ1) is 11.3. The zero-order chi connectivity index (χ0) is 15.9. The smallest absolute Gasteiger partial charge is 0.223 e. The topological polar surface area (TPSA) is 46.6 Å². The summed E-state index contributed by atoms with van der Waals surface area (Å²) in [6.45, 7) is 1.04. The molecule has 0 bridgehead atoms. The molecule has 0 spiro atoms. The van der Waals surface area contributed by atoms with Crippen LogP contribution in [0.4, 0.5) is 0 Å². The molecule has 23 heavy (non-hydrogen) atoms. The van der Waals surface area contributed by atoms with Crippen molar-refractivity contribution in [2.75, 3.05) is 0 Å². The van der Waals surface area contributed by atoms with E-state index < -0.39 is 0 Å². The Labute approximate surface area is 135 Å². The Hall–Kier alpha value is -2.75. The maximum absolute atomic E-state index is 12.6. The largest absolute Gasteiger partial charge is 0.469 e. The molecule has 4 heteroatoms. The number of furan rings is 2. The molecule has 118 valence electrons. The van der Waals surface area contributed by atoms with Crippen LogP contribution < -0.4 is 0 Å². The fourth-order valence-electron chi connectivity index (χ4n) is 2.47. The maximum Gasteiger partial charge on any atom is 0.223 e. The van der Waals surface area contributed by atoms with Crippen LogP contribution in [0.2, 0.25) is 0 Å². The van der Waals surface area contributed by atoms with Crippen LogP contribution in [-0.4, -0.2) is 10.8 Å². The molecule has 4 nitrogen and oxygen atoms in total. The predicted molar refractivity (Wildman–Crippen MR) is 86.4 cm³/mol. The van der Waals surface area contributed by atoms with E-state index in [1.807, 2.05) is 59.5 Å². The molecule has 3 aromatic rings. The van der Waals surface area contributed by atoms with E-state index in [-0.39, 0.29) is 5.91 Å². The number of hydrogen-bond acceptors (Lipinski definition) is 3. The first-order valence-electron chi connectivity index (χ1n) is 7.68. The zero-order valence-corrected chi connectivity index (χ0v) is 12.9. The minimum atomic E-state index is 0.0849. The number of amides is 1. The minimum absolute atomic E-state index is 0.0849. The molecule has 0 aliphatic heterocycles. The van der Waals surface area contributed by atoms with E-state index >= 15 is 0 Å². The summed E-state index contributed by atoms with van der Waals surface area (Å²) in [4.78, 5) is 14.4. The summed E-state index contributed by atoms with van der Waals surface area (Å²) in [7, 11) is 0. The Balaban J connectivity index is 1.67. The van der Waals surface area contributed by atoms with Crippen molar-refractivity contribution in [3.05, 3.63) is 84.2 Å². The summed E-state index contributed by atoms with van der Waals surface area (Å²) in [5, 5.41) is 0. The van der Waals surface area contributed by atoms with Gasteiger partial charge >= 0.3 is 0 Å². The van der Waals surface area contributed by atoms with Crippen molar-refractivity contribution >= 4 is 5.91 Å². The van der Waals surface area contributed by atoms with E-state index in [0.29, 0.717) is 25.9 Å². The van der Waals surface area contributed by atoms with Crippen molar-refractivity contribution in [2.24, 2.45) is 0 Å². The van der Waals surface area contributed by atoms with E-state index in [4.69, 9.17) is 8.83 Å². The highest BCUT2D eigenvalue weighted by atomic mass is 16.3. The Bertz CT molecular complexity index is 702. The lowest BCUT2D eigenvalue weighted by atomic mass is 10.2. The van der Waals surface area contributed by atoms with Crippen LogP contribution in [0.5, 0.6) is 0 Å². The Morgan fingerprint density at radius 1 is 0.826 bits per heavy atom. The second-order valence-corrected chi connectivity index (χ2v) is 5.39. The number of carbonyl (C=O) groups excluding carboxylic acids is 1. The van der Waals surface area contributed by atoms with Gasteiger partial charge in [0.2, 0.25) is 5.91 Å². The number of rotatable bonds is 7. The summed E-state index contributed by atoms with van der Waals surface area (Å²) in [5.41, 5.74) is 1.10. The van der Waals surface area contributed by atoms with Crippen LogP contribution in [0, 0.1) is 0 Å². The van der Waals surface area contributed by atoms with Crippen LogP contribution in [0.25, 0.3) is 0 Å². The van der Waals surface area contributed by atoms with E-state index in [2.05, 4.69) is 0 Å². The lowest BCUT2D eigenvalue weighted by Gasteiger charge is -2.22. The molecule has 2 heterocycles. The van der Waals surface area contributed by atoms with Gasteiger partial charge in [-0.3, -0.25) is 4.79 Å². The number of hydrogen-bond donors (Lipinski definition) is 0. The minimum Gasteiger partial charge on any atom is -0.469 e. The third kappa shape index (κ3) is 4.36. The molecular formula is C19H19NO3. The number of carbonyl (C=O) groups is 1. The van der Waals surface area contributed by atoms with Gasteiger partial charge in [-0.1, -0.05) is 30.3 Å². The normalized spacial score (nSPS) is 10.6. The Kier molecular flexibility index (Phi) is 4.94. The third-order valence-corrected chi connectivity index (χ3v) is 3.66. The van der Waals surface area contributed by atoms with Crippen LogP contribution >= 0.6 is 0 Å². The summed E-state index contributed by atoms with van der Waals surface area (Å²) in [5.74, 6) is 1.70. The van der Waals surface area contributed by atoms with Crippen molar-refractivity contribution in [1.82, 2.24) is 4.90 Å². The maximum atomic E-state index is 12.6. The molecule has 0 saturated carbocycles.